The van der Waals surface area contributed by atoms with Crippen LogP contribution < -0.4 is 11.0 Å². The minimum absolute atomic E-state index is 0.195. The summed E-state index contributed by atoms with van der Waals surface area (Å²) in [6, 6.07) is 12.3. The number of amides is 1. The number of aryl methyl sites for hydroxylation is 2. The molecule has 1 fully saturated rings. The Morgan fingerprint density at radius 2 is 1.93 bits per heavy atom. The Morgan fingerprint density at radius 3 is 2.67 bits per heavy atom. The zero-order chi connectivity index (χ0) is 19.2. The number of hydrogen-bond donors (Lipinski definition) is 1. The van der Waals surface area contributed by atoms with Gasteiger partial charge >= 0.3 is 5.69 Å². The Balaban J connectivity index is 1.51. The third-order valence-electron chi connectivity index (χ3n) is 5.14. The predicted molar refractivity (Wildman–Crippen MR) is 105 cm³/mol. The summed E-state index contributed by atoms with van der Waals surface area (Å²) in [6.07, 6.45) is 2.33. The van der Waals surface area contributed by atoms with E-state index in [9.17, 15) is 9.59 Å². The molecule has 0 radical (unpaired) electrons. The van der Waals surface area contributed by atoms with Crippen molar-refractivity contribution in [2.24, 2.45) is 0 Å². The maximum Gasteiger partial charge on any atom is 0.347 e. The highest BCUT2D eigenvalue weighted by Gasteiger charge is 2.22. The first kappa shape index (κ1) is 19.3. The quantitative estimate of drug-likeness (QED) is 0.847. The third-order valence-corrected chi connectivity index (χ3v) is 5.14. The molecule has 1 aliphatic heterocycles. The van der Waals surface area contributed by atoms with Gasteiger partial charge in [0.05, 0.1) is 0 Å². The highest BCUT2D eigenvalue weighted by Crippen LogP contribution is 2.15. The van der Waals surface area contributed by atoms with Gasteiger partial charge in [-0.25, -0.2) is 4.79 Å². The lowest BCUT2D eigenvalue weighted by Crippen LogP contribution is -2.36. The van der Waals surface area contributed by atoms with Crippen molar-refractivity contribution in [3.8, 4) is 0 Å². The zero-order valence-corrected chi connectivity index (χ0v) is 16.1. The van der Waals surface area contributed by atoms with Crippen molar-refractivity contribution >= 4 is 5.91 Å². The first-order valence-electron chi connectivity index (χ1n) is 9.63. The summed E-state index contributed by atoms with van der Waals surface area (Å²) in [7, 11) is 0. The van der Waals surface area contributed by atoms with Crippen molar-refractivity contribution < 1.29 is 4.79 Å². The van der Waals surface area contributed by atoms with Crippen molar-refractivity contribution in [3.05, 3.63) is 63.8 Å². The van der Waals surface area contributed by atoms with E-state index in [0.29, 0.717) is 32.1 Å². The van der Waals surface area contributed by atoms with E-state index in [0.717, 1.165) is 30.8 Å². The van der Waals surface area contributed by atoms with Gasteiger partial charge in [-0.3, -0.25) is 9.36 Å². The minimum atomic E-state index is -0.195. The molecule has 1 unspecified atom stereocenters. The number of carbonyl (C=O) groups is 1. The first-order valence-corrected chi connectivity index (χ1v) is 9.63. The van der Waals surface area contributed by atoms with Gasteiger partial charge in [-0.1, -0.05) is 30.3 Å². The molecule has 1 aromatic heterocycles. The normalized spacial score (nSPS) is 17.8. The Labute approximate surface area is 160 Å². The van der Waals surface area contributed by atoms with Gasteiger partial charge in [0.15, 0.2) is 0 Å². The largest absolute Gasteiger partial charge is 0.347 e. The highest BCUT2D eigenvalue weighted by atomic mass is 16.2. The number of likely N-dealkylation sites (tertiary alicyclic amines) is 1. The van der Waals surface area contributed by atoms with E-state index >= 15 is 0 Å². The fraction of sp³-hybridized carbons (Fsp3) is 0.476. The lowest BCUT2D eigenvalue weighted by atomic mass is 10.1. The molecule has 6 nitrogen and oxygen atoms in total. The van der Waals surface area contributed by atoms with E-state index in [-0.39, 0.29) is 11.6 Å². The van der Waals surface area contributed by atoms with Crippen LogP contribution in [0.2, 0.25) is 0 Å². The van der Waals surface area contributed by atoms with Crippen LogP contribution in [-0.4, -0.2) is 39.5 Å². The number of hydrogen-bond acceptors (Lipinski definition) is 4. The van der Waals surface area contributed by atoms with E-state index in [2.05, 4.69) is 22.4 Å². The van der Waals surface area contributed by atoms with Crippen molar-refractivity contribution in [1.82, 2.24) is 19.8 Å². The van der Waals surface area contributed by atoms with E-state index in [1.165, 1.54) is 5.56 Å². The molecule has 0 spiro atoms. The van der Waals surface area contributed by atoms with Gasteiger partial charge in [0.2, 0.25) is 5.91 Å². The summed E-state index contributed by atoms with van der Waals surface area (Å²) in [5.41, 5.74) is 2.65. The van der Waals surface area contributed by atoms with Crippen molar-refractivity contribution in [3.63, 3.8) is 0 Å². The monoisotopic (exact) mass is 368 g/mol. The van der Waals surface area contributed by atoms with Gasteiger partial charge in [-0.2, -0.15) is 4.98 Å². The van der Waals surface area contributed by atoms with Crippen LogP contribution in [0.5, 0.6) is 0 Å². The number of rotatable bonds is 6. The average molecular weight is 368 g/mol. The molecule has 0 saturated carbocycles. The summed E-state index contributed by atoms with van der Waals surface area (Å²) in [5.74, 6) is 0.220. The lowest BCUT2D eigenvalue weighted by molar-refractivity contribution is -0.131. The van der Waals surface area contributed by atoms with E-state index in [1.54, 1.807) is 4.57 Å². The zero-order valence-electron chi connectivity index (χ0n) is 16.1. The minimum Gasteiger partial charge on any atom is -0.338 e. The lowest BCUT2D eigenvalue weighted by Gasteiger charge is -2.21. The fourth-order valence-corrected chi connectivity index (χ4v) is 3.64. The van der Waals surface area contributed by atoms with Crippen LogP contribution in [0.15, 0.2) is 41.2 Å². The van der Waals surface area contributed by atoms with Crippen molar-refractivity contribution in [1.29, 1.82) is 0 Å². The molecule has 3 rings (SSSR count). The number of aromatic nitrogens is 2. The smallest absolute Gasteiger partial charge is 0.338 e. The predicted octanol–water partition coefficient (Wildman–Crippen LogP) is 2.03. The number of nitrogens with zero attached hydrogens (tertiary/aromatic N) is 3. The van der Waals surface area contributed by atoms with E-state index in [4.69, 9.17) is 0 Å². The third kappa shape index (κ3) is 5.26. The number of nitrogens with one attached hydrogen (secondary N) is 1. The van der Waals surface area contributed by atoms with E-state index < -0.39 is 0 Å². The standard InChI is InChI=1S/C21H28N4O2/c1-16-14-17(2)25(21(27)23-16)13-11-22-19-8-9-20(26)24(12-10-19)15-18-6-4-3-5-7-18/h3-7,14,19,22H,8-13,15H2,1-2H3. The molecule has 0 aliphatic carbocycles. The molecule has 27 heavy (non-hydrogen) atoms. The van der Waals surface area contributed by atoms with Crippen LogP contribution in [-0.2, 0) is 17.9 Å². The molecule has 1 saturated heterocycles. The maximum absolute atomic E-state index is 12.4. The van der Waals surface area contributed by atoms with Crippen LogP contribution >= 0.6 is 0 Å². The number of benzene rings is 1. The second kappa shape index (κ2) is 8.95. The Bertz CT molecular complexity index is 832. The SMILES string of the molecule is Cc1cc(C)n(CCNC2CCC(=O)N(Cc3ccccc3)CC2)c(=O)n1. The van der Waals surface area contributed by atoms with Crippen LogP contribution in [0.4, 0.5) is 0 Å². The second-order valence-electron chi connectivity index (χ2n) is 7.25. The molecule has 144 valence electrons. The Kier molecular flexibility index (Phi) is 6.40. The summed E-state index contributed by atoms with van der Waals surface area (Å²) < 4.78 is 1.70. The van der Waals surface area contributed by atoms with Crippen molar-refractivity contribution in [2.75, 3.05) is 13.1 Å². The summed E-state index contributed by atoms with van der Waals surface area (Å²) >= 11 is 0. The fourth-order valence-electron chi connectivity index (χ4n) is 3.64. The van der Waals surface area contributed by atoms with Gasteiger partial charge < -0.3 is 10.2 Å². The average Bonchev–Trinajstić information content (AvgIpc) is 2.81. The molecule has 2 aromatic rings. The van der Waals surface area contributed by atoms with Crippen molar-refractivity contribution in [2.45, 2.75) is 52.2 Å². The molecule has 1 aromatic carbocycles. The first-order chi connectivity index (χ1) is 13.0. The molecule has 0 bridgehead atoms. The van der Waals surface area contributed by atoms with Crippen LogP contribution in [0, 0.1) is 13.8 Å². The number of carbonyl (C=O) groups excluding carboxylic acids is 1. The van der Waals surface area contributed by atoms with Gasteiger partial charge in [0.25, 0.3) is 0 Å². The molecule has 6 heteroatoms. The summed E-state index contributed by atoms with van der Waals surface area (Å²) in [4.78, 5) is 30.4. The summed E-state index contributed by atoms with van der Waals surface area (Å²) in [6.45, 7) is 6.49. The highest BCUT2D eigenvalue weighted by molar-refractivity contribution is 5.76. The van der Waals surface area contributed by atoms with Crippen LogP contribution in [0.1, 0.15) is 36.2 Å². The molecule has 1 aliphatic rings. The van der Waals surface area contributed by atoms with Crippen LogP contribution in [0.3, 0.4) is 0 Å². The van der Waals surface area contributed by atoms with Gasteiger partial charge in [0.1, 0.15) is 0 Å². The van der Waals surface area contributed by atoms with Gasteiger partial charge in [0, 0.05) is 50.0 Å². The molecule has 1 N–H and O–H groups in total. The van der Waals surface area contributed by atoms with Gasteiger partial charge in [-0.15, -0.1) is 0 Å². The van der Waals surface area contributed by atoms with Gasteiger partial charge in [-0.05, 0) is 38.3 Å². The summed E-state index contributed by atoms with van der Waals surface area (Å²) in [5, 5.41) is 3.52. The van der Waals surface area contributed by atoms with Crippen LogP contribution in [0.25, 0.3) is 0 Å². The second-order valence-corrected chi connectivity index (χ2v) is 7.25. The van der Waals surface area contributed by atoms with E-state index in [1.807, 2.05) is 43.0 Å². The maximum atomic E-state index is 12.4. The molecular formula is C21H28N4O2. The molecular weight excluding hydrogens is 340 g/mol. The molecule has 1 atom stereocenters. The Morgan fingerprint density at radius 1 is 1.15 bits per heavy atom. The Hall–Kier alpha value is -2.47. The topological polar surface area (TPSA) is 67.2 Å². The molecule has 2 heterocycles. The molecule has 1 amide bonds.